The van der Waals surface area contributed by atoms with Crippen LogP contribution in [-0.2, 0) is 22.6 Å². The Bertz CT molecular complexity index is 793. The van der Waals surface area contributed by atoms with Gasteiger partial charge >= 0.3 is 11.9 Å². The number of hydrogen-bond donors (Lipinski definition) is 0. The molecule has 0 aromatic heterocycles. The molecule has 0 amide bonds. The number of esters is 2. The van der Waals surface area contributed by atoms with E-state index in [0.29, 0.717) is 11.1 Å². The molecule has 0 fully saturated rings. The second-order valence-electron chi connectivity index (χ2n) is 9.01. The quantitative estimate of drug-likeness (QED) is 0.239. The summed E-state index contributed by atoms with van der Waals surface area (Å²) in [5, 5.41) is 0. The van der Waals surface area contributed by atoms with Gasteiger partial charge in [-0.25, -0.2) is 9.59 Å². The normalized spacial score (nSPS) is 11.1. The summed E-state index contributed by atoms with van der Waals surface area (Å²) in [7, 11) is 11.7. The predicted molar refractivity (Wildman–Crippen MR) is 117 cm³/mol. The van der Waals surface area contributed by atoms with E-state index >= 15 is 0 Å². The van der Waals surface area contributed by atoms with Crippen LogP contribution in [0.2, 0.25) is 0 Å². The fourth-order valence-electron chi connectivity index (χ4n) is 3.42. The van der Waals surface area contributed by atoms with E-state index in [-0.39, 0.29) is 45.9 Å². The first-order chi connectivity index (χ1) is 14.0. The van der Waals surface area contributed by atoms with Crippen LogP contribution >= 0.6 is 0 Å². The van der Waals surface area contributed by atoms with Gasteiger partial charge in [0.2, 0.25) is 0 Å². The molecule has 0 heterocycles. The van der Waals surface area contributed by atoms with Gasteiger partial charge in [0.25, 0.3) is 0 Å². The van der Waals surface area contributed by atoms with Gasteiger partial charge in [-0.05, 0) is 24.3 Å². The Hall–Kier alpha value is -1.74. The Kier molecular flexibility index (Phi) is 12.4. The third kappa shape index (κ3) is 9.40. The predicted octanol–water partition coefficient (Wildman–Crippen LogP) is -2.88. The minimum Gasteiger partial charge on any atom is -1.00 e. The van der Waals surface area contributed by atoms with E-state index in [4.69, 9.17) is 9.47 Å². The van der Waals surface area contributed by atoms with Crippen LogP contribution in [-0.4, -0.2) is 76.4 Å². The summed E-state index contributed by atoms with van der Waals surface area (Å²) >= 11 is 0. The number of quaternary nitrogens is 2. The van der Waals surface area contributed by atoms with Crippen molar-refractivity contribution >= 4 is 11.9 Å². The largest absolute Gasteiger partial charge is 1.00 e. The Morgan fingerprint density at radius 1 is 0.625 bits per heavy atom. The molecule has 0 aliphatic carbocycles. The molecule has 8 heteroatoms. The zero-order chi connectivity index (χ0) is 22.4. The van der Waals surface area contributed by atoms with Crippen molar-refractivity contribution in [2.45, 2.75) is 13.1 Å². The summed E-state index contributed by atoms with van der Waals surface area (Å²) in [6.45, 7) is 3.78. The van der Waals surface area contributed by atoms with Gasteiger partial charge in [0.05, 0.1) is 53.5 Å². The number of carbonyl (C=O) groups is 2. The van der Waals surface area contributed by atoms with E-state index in [1.807, 2.05) is 48.5 Å². The van der Waals surface area contributed by atoms with Gasteiger partial charge < -0.3 is 52.4 Å². The van der Waals surface area contributed by atoms with Gasteiger partial charge in [-0.15, -0.1) is 0 Å². The third-order valence-electron chi connectivity index (χ3n) is 5.28. The lowest BCUT2D eigenvalue weighted by Crippen LogP contribution is -3.00. The molecule has 0 bridgehead atoms. The van der Waals surface area contributed by atoms with Crippen LogP contribution < -0.4 is 34.0 Å². The highest BCUT2D eigenvalue weighted by molar-refractivity contribution is 5.89. The molecule has 0 atom stereocenters. The molecule has 2 rings (SSSR count). The van der Waals surface area contributed by atoms with Crippen molar-refractivity contribution in [3.05, 3.63) is 70.8 Å². The van der Waals surface area contributed by atoms with E-state index in [1.54, 1.807) is 0 Å². The number of ether oxygens (including phenoxy) is 2. The van der Waals surface area contributed by atoms with Gasteiger partial charge in [-0.1, -0.05) is 24.3 Å². The molecule has 32 heavy (non-hydrogen) atoms. The molecule has 0 radical (unpaired) electrons. The smallest absolute Gasteiger partial charge is 0.337 e. The van der Waals surface area contributed by atoms with E-state index in [9.17, 15) is 9.59 Å². The molecule has 0 saturated heterocycles. The first kappa shape index (κ1) is 30.3. The first-order valence-electron chi connectivity index (χ1n) is 10.0. The van der Waals surface area contributed by atoms with Crippen LogP contribution in [0.1, 0.15) is 31.8 Å². The molecular formula is C24H34Br2N2O4. The summed E-state index contributed by atoms with van der Waals surface area (Å²) in [5.74, 6) is -0.622. The Morgan fingerprint density at radius 2 is 0.906 bits per heavy atom. The molecule has 0 unspecified atom stereocenters. The topological polar surface area (TPSA) is 52.6 Å². The standard InChI is InChI=1S/C24H34N2O4.2BrH/c1-25(2,17-19-7-11-21(12-8-19)23(27)29-5)15-16-26(3,4)18-20-9-13-22(14-10-20)24(28)30-6;;/h7-14H,15-18H2,1-6H3;2*1H/q+2;;/p-2. The maximum Gasteiger partial charge on any atom is 0.337 e. The van der Waals surface area contributed by atoms with Gasteiger partial charge in [0.1, 0.15) is 26.2 Å². The average molecular weight is 574 g/mol. The van der Waals surface area contributed by atoms with Crippen LogP contribution in [0.15, 0.2) is 48.5 Å². The van der Waals surface area contributed by atoms with Crippen LogP contribution in [0.4, 0.5) is 0 Å². The van der Waals surface area contributed by atoms with Crippen LogP contribution in [0.3, 0.4) is 0 Å². The minimum atomic E-state index is -0.311. The molecule has 2 aromatic rings. The van der Waals surface area contributed by atoms with Crippen LogP contribution in [0.5, 0.6) is 0 Å². The first-order valence-corrected chi connectivity index (χ1v) is 10.0. The Morgan fingerprint density at radius 3 is 1.16 bits per heavy atom. The maximum absolute atomic E-state index is 11.6. The lowest BCUT2D eigenvalue weighted by molar-refractivity contribution is -0.958. The number of hydrogen-bond acceptors (Lipinski definition) is 4. The Balaban J connectivity index is 0.00000480. The van der Waals surface area contributed by atoms with Gasteiger partial charge in [0.15, 0.2) is 0 Å². The van der Waals surface area contributed by atoms with Crippen molar-refractivity contribution in [3.8, 4) is 0 Å². The summed E-state index contributed by atoms with van der Waals surface area (Å²) in [5.41, 5.74) is 3.53. The second kappa shape index (κ2) is 13.1. The third-order valence-corrected chi connectivity index (χ3v) is 5.28. The molecule has 0 aliphatic heterocycles. The van der Waals surface area contributed by atoms with Crippen molar-refractivity contribution < 1.29 is 62.0 Å². The number of benzene rings is 2. The number of nitrogens with zero attached hydrogens (tertiary/aromatic N) is 2. The molecule has 6 nitrogen and oxygen atoms in total. The Labute approximate surface area is 212 Å². The molecule has 178 valence electrons. The molecule has 2 aromatic carbocycles. The fourth-order valence-corrected chi connectivity index (χ4v) is 3.42. The van der Waals surface area contributed by atoms with E-state index in [2.05, 4.69) is 28.2 Å². The molecular weight excluding hydrogens is 540 g/mol. The molecule has 0 N–H and O–H groups in total. The lowest BCUT2D eigenvalue weighted by atomic mass is 10.1. The number of carbonyl (C=O) groups excluding carboxylic acids is 2. The SMILES string of the molecule is COC(=O)c1ccc(C[N+](C)(C)CC[N+](C)(C)Cc2ccc(C(=O)OC)cc2)cc1.[Br-].[Br-]. The van der Waals surface area contributed by atoms with Gasteiger partial charge in [-0.2, -0.15) is 0 Å². The highest BCUT2D eigenvalue weighted by Gasteiger charge is 2.24. The van der Waals surface area contributed by atoms with Crippen LogP contribution in [0, 0.1) is 0 Å². The van der Waals surface area contributed by atoms with Crippen molar-refractivity contribution in [2.24, 2.45) is 0 Å². The van der Waals surface area contributed by atoms with Crippen molar-refractivity contribution in [1.29, 1.82) is 0 Å². The summed E-state index contributed by atoms with van der Waals surface area (Å²) < 4.78 is 11.2. The van der Waals surface area contributed by atoms with Crippen molar-refractivity contribution in [2.75, 3.05) is 55.5 Å². The molecule has 0 spiro atoms. The summed E-state index contributed by atoms with van der Waals surface area (Å²) in [6, 6.07) is 15.3. The highest BCUT2D eigenvalue weighted by Crippen LogP contribution is 2.15. The van der Waals surface area contributed by atoms with E-state index in [1.165, 1.54) is 25.3 Å². The van der Waals surface area contributed by atoms with Gasteiger partial charge in [-0.3, -0.25) is 0 Å². The fraction of sp³-hybridized carbons (Fsp3) is 0.417. The maximum atomic E-state index is 11.6. The number of methoxy groups -OCH3 is 2. The number of rotatable bonds is 9. The highest BCUT2D eigenvalue weighted by atomic mass is 79.9. The zero-order valence-corrected chi connectivity index (χ0v) is 22.9. The second-order valence-corrected chi connectivity index (χ2v) is 9.01. The van der Waals surface area contributed by atoms with Crippen molar-refractivity contribution in [1.82, 2.24) is 0 Å². The number of likely N-dealkylation sites (N-methyl/N-ethyl adjacent to an activating group) is 2. The summed E-state index contributed by atoms with van der Waals surface area (Å²) in [4.78, 5) is 23.2. The molecule has 0 saturated carbocycles. The summed E-state index contributed by atoms with van der Waals surface area (Å²) in [6.07, 6.45) is 0. The van der Waals surface area contributed by atoms with Gasteiger partial charge in [0, 0.05) is 11.1 Å². The van der Waals surface area contributed by atoms with E-state index < -0.39 is 0 Å². The molecule has 0 aliphatic rings. The van der Waals surface area contributed by atoms with Crippen molar-refractivity contribution in [3.63, 3.8) is 0 Å². The minimum absolute atomic E-state index is 0. The zero-order valence-electron chi connectivity index (χ0n) is 19.7. The average Bonchev–Trinajstić information content (AvgIpc) is 2.72. The van der Waals surface area contributed by atoms with E-state index in [0.717, 1.165) is 35.1 Å². The lowest BCUT2D eigenvalue weighted by Gasteiger charge is -2.36. The van der Waals surface area contributed by atoms with Crippen LogP contribution in [0.25, 0.3) is 0 Å². The number of halogens is 2. The monoisotopic (exact) mass is 572 g/mol.